The first-order valence-corrected chi connectivity index (χ1v) is 11.1. The molecular formula is C24H24N2O3S. The van der Waals surface area contributed by atoms with Crippen LogP contribution >= 0.6 is 11.3 Å². The standard InChI is InChI=1S/C24H24N2O3S/c27-22(26-13-11-19(12-14-26)15-18-7-3-1-4-8-18)16-29-24(28)21-17-30-23(25-21)20-9-5-2-6-10-20/h1-10,17,19H,11-16H2. The number of piperidine rings is 1. The molecule has 4 rings (SSSR count). The maximum atomic E-state index is 12.5. The third-order valence-electron chi connectivity index (χ3n) is 5.40. The van der Waals surface area contributed by atoms with E-state index in [9.17, 15) is 9.59 Å². The number of likely N-dealkylation sites (tertiary alicyclic amines) is 1. The molecule has 2 aromatic carbocycles. The molecule has 0 aliphatic carbocycles. The number of aromatic nitrogens is 1. The summed E-state index contributed by atoms with van der Waals surface area (Å²) in [7, 11) is 0. The van der Waals surface area contributed by atoms with Crippen molar-refractivity contribution in [3.05, 3.63) is 77.3 Å². The summed E-state index contributed by atoms with van der Waals surface area (Å²) in [6.45, 7) is 1.19. The van der Waals surface area contributed by atoms with Gasteiger partial charge in [0.25, 0.3) is 5.91 Å². The van der Waals surface area contributed by atoms with Crippen LogP contribution in [-0.2, 0) is 16.0 Å². The second kappa shape index (κ2) is 9.67. The molecule has 0 saturated carbocycles. The molecule has 1 amide bonds. The summed E-state index contributed by atoms with van der Waals surface area (Å²) >= 11 is 1.39. The van der Waals surface area contributed by atoms with Gasteiger partial charge in [-0.2, -0.15) is 0 Å². The van der Waals surface area contributed by atoms with E-state index in [2.05, 4.69) is 29.2 Å². The topological polar surface area (TPSA) is 59.5 Å². The van der Waals surface area contributed by atoms with Crippen molar-refractivity contribution in [3.63, 3.8) is 0 Å². The third kappa shape index (κ3) is 5.13. The zero-order valence-electron chi connectivity index (χ0n) is 16.7. The van der Waals surface area contributed by atoms with E-state index in [1.807, 2.05) is 36.4 Å². The van der Waals surface area contributed by atoms with Crippen molar-refractivity contribution in [3.8, 4) is 10.6 Å². The first kappa shape index (κ1) is 20.3. The molecule has 0 N–H and O–H groups in total. The number of rotatable bonds is 6. The van der Waals surface area contributed by atoms with Gasteiger partial charge in [-0.25, -0.2) is 9.78 Å². The Bertz CT molecular complexity index is 980. The van der Waals surface area contributed by atoms with Gasteiger partial charge in [-0.15, -0.1) is 11.3 Å². The van der Waals surface area contributed by atoms with Gasteiger partial charge in [-0.3, -0.25) is 4.79 Å². The number of hydrogen-bond acceptors (Lipinski definition) is 5. The lowest BCUT2D eigenvalue weighted by molar-refractivity contribution is -0.135. The van der Waals surface area contributed by atoms with Crippen LogP contribution in [0.5, 0.6) is 0 Å². The van der Waals surface area contributed by atoms with Crippen LogP contribution in [0.3, 0.4) is 0 Å². The van der Waals surface area contributed by atoms with E-state index in [-0.39, 0.29) is 18.2 Å². The molecule has 0 atom stereocenters. The molecular weight excluding hydrogens is 396 g/mol. The summed E-state index contributed by atoms with van der Waals surface area (Å²) in [6, 6.07) is 20.1. The number of nitrogens with zero attached hydrogens (tertiary/aromatic N) is 2. The minimum atomic E-state index is -0.555. The van der Waals surface area contributed by atoms with Gasteiger partial charge >= 0.3 is 5.97 Å². The van der Waals surface area contributed by atoms with Gasteiger partial charge < -0.3 is 9.64 Å². The quantitative estimate of drug-likeness (QED) is 0.553. The Hall–Kier alpha value is -2.99. The SMILES string of the molecule is O=C(OCC(=O)N1CCC(Cc2ccccc2)CC1)c1csc(-c2ccccc2)n1. The molecule has 1 aliphatic rings. The molecule has 1 fully saturated rings. The van der Waals surface area contributed by atoms with Gasteiger partial charge in [0.05, 0.1) is 0 Å². The number of carbonyl (C=O) groups excluding carboxylic acids is 2. The van der Waals surface area contributed by atoms with Gasteiger partial charge in [0, 0.05) is 24.0 Å². The minimum Gasteiger partial charge on any atom is -0.451 e. The van der Waals surface area contributed by atoms with E-state index in [4.69, 9.17) is 4.74 Å². The van der Waals surface area contributed by atoms with E-state index in [1.54, 1.807) is 10.3 Å². The third-order valence-corrected chi connectivity index (χ3v) is 6.29. The van der Waals surface area contributed by atoms with Crippen molar-refractivity contribution in [2.24, 2.45) is 5.92 Å². The second-order valence-electron chi connectivity index (χ2n) is 7.49. The highest BCUT2D eigenvalue weighted by Gasteiger charge is 2.24. The Morgan fingerprint density at radius 1 is 1.00 bits per heavy atom. The summed E-state index contributed by atoms with van der Waals surface area (Å²) in [4.78, 5) is 30.9. The van der Waals surface area contributed by atoms with Crippen LogP contribution in [0.4, 0.5) is 0 Å². The highest BCUT2D eigenvalue weighted by molar-refractivity contribution is 7.13. The summed E-state index contributed by atoms with van der Waals surface area (Å²) in [6.07, 6.45) is 2.99. The molecule has 3 aromatic rings. The predicted molar refractivity (Wildman–Crippen MR) is 117 cm³/mol. The van der Waals surface area contributed by atoms with Crippen LogP contribution < -0.4 is 0 Å². The monoisotopic (exact) mass is 420 g/mol. The van der Waals surface area contributed by atoms with Crippen molar-refractivity contribution < 1.29 is 14.3 Å². The van der Waals surface area contributed by atoms with E-state index in [1.165, 1.54) is 16.9 Å². The summed E-state index contributed by atoms with van der Waals surface area (Å²) in [5.74, 6) is -0.105. The van der Waals surface area contributed by atoms with E-state index in [0.29, 0.717) is 19.0 Å². The number of thiazole rings is 1. The molecule has 2 heterocycles. The Morgan fingerprint density at radius 2 is 1.67 bits per heavy atom. The Balaban J connectivity index is 1.23. The molecule has 6 heteroatoms. The number of ether oxygens (including phenoxy) is 1. The molecule has 30 heavy (non-hydrogen) atoms. The van der Waals surface area contributed by atoms with Crippen molar-refractivity contribution in [1.82, 2.24) is 9.88 Å². The van der Waals surface area contributed by atoms with Crippen molar-refractivity contribution in [2.45, 2.75) is 19.3 Å². The highest BCUT2D eigenvalue weighted by Crippen LogP contribution is 2.24. The lowest BCUT2D eigenvalue weighted by Gasteiger charge is -2.32. The first-order valence-electron chi connectivity index (χ1n) is 10.2. The second-order valence-corrected chi connectivity index (χ2v) is 8.35. The van der Waals surface area contributed by atoms with Crippen LogP contribution in [0.25, 0.3) is 10.6 Å². The van der Waals surface area contributed by atoms with Crippen molar-refractivity contribution in [2.75, 3.05) is 19.7 Å². The van der Waals surface area contributed by atoms with Crippen LogP contribution in [0.15, 0.2) is 66.0 Å². The molecule has 0 unspecified atom stereocenters. The zero-order chi connectivity index (χ0) is 20.8. The Kier molecular flexibility index (Phi) is 6.54. The first-order chi connectivity index (χ1) is 14.7. The van der Waals surface area contributed by atoms with Gasteiger partial charge in [0.2, 0.25) is 0 Å². The summed E-state index contributed by atoms with van der Waals surface area (Å²) in [5.41, 5.74) is 2.54. The van der Waals surface area contributed by atoms with Gasteiger partial charge in [0.15, 0.2) is 12.3 Å². The largest absolute Gasteiger partial charge is 0.451 e. The van der Waals surface area contributed by atoms with Gasteiger partial charge in [-0.1, -0.05) is 60.7 Å². The molecule has 1 saturated heterocycles. The average Bonchev–Trinajstić information content (AvgIpc) is 3.30. The molecule has 1 aliphatic heterocycles. The zero-order valence-corrected chi connectivity index (χ0v) is 17.5. The predicted octanol–water partition coefficient (Wildman–Crippen LogP) is 4.45. The van der Waals surface area contributed by atoms with Crippen molar-refractivity contribution in [1.29, 1.82) is 0 Å². The summed E-state index contributed by atoms with van der Waals surface area (Å²) in [5, 5.41) is 2.43. The Labute approximate surface area is 180 Å². The van der Waals surface area contributed by atoms with E-state index < -0.39 is 5.97 Å². The molecule has 1 aromatic heterocycles. The molecule has 154 valence electrons. The number of amides is 1. The van der Waals surface area contributed by atoms with Gasteiger partial charge in [-0.05, 0) is 30.7 Å². The lowest BCUT2D eigenvalue weighted by Crippen LogP contribution is -2.41. The normalized spacial score (nSPS) is 14.5. The lowest BCUT2D eigenvalue weighted by atomic mass is 9.90. The fraction of sp³-hybridized carbons (Fsp3) is 0.292. The number of hydrogen-bond donors (Lipinski definition) is 0. The molecule has 0 spiro atoms. The average molecular weight is 421 g/mol. The number of carbonyl (C=O) groups is 2. The van der Waals surface area contributed by atoms with E-state index >= 15 is 0 Å². The fourth-order valence-electron chi connectivity index (χ4n) is 3.71. The fourth-order valence-corrected chi connectivity index (χ4v) is 4.50. The van der Waals surface area contributed by atoms with E-state index in [0.717, 1.165) is 29.8 Å². The summed E-state index contributed by atoms with van der Waals surface area (Å²) < 4.78 is 5.23. The highest BCUT2D eigenvalue weighted by atomic mass is 32.1. The van der Waals surface area contributed by atoms with Gasteiger partial charge in [0.1, 0.15) is 5.01 Å². The molecule has 0 bridgehead atoms. The van der Waals surface area contributed by atoms with Crippen molar-refractivity contribution >= 4 is 23.2 Å². The van der Waals surface area contributed by atoms with Crippen LogP contribution in [-0.4, -0.2) is 41.5 Å². The van der Waals surface area contributed by atoms with Crippen LogP contribution in [0.2, 0.25) is 0 Å². The molecule has 0 radical (unpaired) electrons. The maximum absolute atomic E-state index is 12.5. The minimum absolute atomic E-state index is 0.139. The smallest absolute Gasteiger partial charge is 0.358 e. The molecule has 5 nitrogen and oxygen atoms in total. The van der Waals surface area contributed by atoms with Crippen LogP contribution in [0, 0.1) is 5.92 Å². The van der Waals surface area contributed by atoms with Crippen LogP contribution in [0.1, 0.15) is 28.9 Å². The Morgan fingerprint density at radius 3 is 2.37 bits per heavy atom. The number of benzene rings is 2. The number of esters is 1. The maximum Gasteiger partial charge on any atom is 0.358 e.